The zero-order valence-electron chi connectivity index (χ0n) is 9.10. The van der Waals surface area contributed by atoms with E-state index in [0.717, 1.165) is 12.8 Å². The molecule has 1 aromatic heterocycles. The van der Waals surface area contributed by atoms with Gasteiger partial charge in [-0.25, -0.2) is 0 Å². The molecular weight excluding hydrogens is 208 g/mol. The smallest absolute Gasteiger partial charge is 0.239 e. The maximum atomic E-state index is 11.5. The Kier molecular flexibility index (Phi) is 2.94. The molecule has 0 saturated heterocycles. The van der Waals surface area contributed by atoms with Crippen molar-refractivity contribution in [3.05, 3.63) is 17.9 Å². The predicted octanol–water partition coefficient (Wildman–Crippen LogP) is 0.807. The van der Waals surface area contributed by atoms with Crippen molar-refractivity contribution in [2.75, 3.05) is 18.5 Å². The van der Waals surface area contributed by atoms with Gasteiger partial charge < -0.3 is 14.6 Å². The first-order valence-electron chi connectivity index (χ1n) is 5.24. The average Bonchev–Trinajstić information content (AvgIpc) is 2.93. The number of nitrogens with zero attached hydrogens (tertiary/aromatic N) is 1. The van der Waals surface area contributed by atoms with Gasteiger partial charge in [0, 0.05) is 19.2 Å². The second kappa shape index (κ2) is 4.38. The summed E-state index contributed by atoms with van der Waals surface area (Å²) in [6.07, 6.45) is 2.79. The van der Waals surface area contributed by atoms with Gasteiger partial charge in [-0.05, 0) is 18.9 Å². The topological polar surface area (TPSA) is 62.6 Å². The molecule has 1 aliphatic carbocycles. The van der Waals surface area contributed by atoms with Crippen LogP contribution in [0.1, 0.15) is 23.4 Å². The molecule has 0 unspecified atom stereocenters. The fourth-order valence-electron chi connectivity index (χ4n) is 1.41. The number of hydrogen-bond acceptors (Lipinski definition) is 4. The molecule has 1 N–H and O–H groups in total. The van der Waals surface area contributed by atoms with E-state index in [1.165, 1.54) is 0 Å². The third-order valence-electron chi connectivity index (χ3n) is 2.43. The SMILES string of the molecule is CN(CC(=O)NC1CC1)c1ccc(C=O)o1. The fraction of sp³-hybridized carbons (Fsp3) is 0.455. The van der Waals surface area contributed by atoms with Crippen molar-refractivity contribution in [2.24, 2.45) is 0 Å². The van der Waals surface area contributed by atoms with Crippen LogP contribution in [0.25, 0.3) is 0 Å². The number of aldehydes is 1. The molecule has 0 radical (unpaired) electrons. The van der Waals surface area contributed by atoms with Gasteiger partial charge in [0.2, 0.25) is 5.91 Å². The third-order valence-corrected chi connectivity index (χ3v) is 2.43. The summed E-state index contributed by atoms with van der Waals surface area (Å²) in [5.41, 5.74) is 0. The van der Waals surface area contributed by atoms with E-state index in [-0.39, 0.29) is 18.2 Å². The molecule has 1 heterocycles. The summed E-state index contributed by atoms with van der Waals surface area (Å²) in [6.45, 7) is 0.238. The molecule has 1 aromatic rings. The molecule has 0 spiro atoms. The second-order valence-corrected chi connectivity index (χ2v) is 3.99. The minimum Gasteiger partial charge on any atom is -0.438 e. The van der Waals surface area contributed by atoms with Crippen molar-refractivity contribution in [1.29, 1.82) is 0 Å². The van der Waals surface area contributed by atoms with Crippen LogP contribution in [0, 0.1) is 0 Å². The number of nitrogens with one attached hydrogen (secondary N) is 1. The maximum Gasteiger partial charge on any atom is 0.239 e. The van der Waals surface area contributed by atoms with Crippen LogP contribution in [0.5, 0.6) is 0 Å². The molecular formula is C11H14N2O3. The van der Waals surface area contributed by atoms with Crippen LogP contribution in [-0.2, 0) is 4.79 Å². The Bertz CT molecular complexity index is 396. The highest BCUT2D eigenvalue weighted by Gasteiger charge is 2.23. The number of amides is 1. The summed E-state index contributed by atoms with van der Waals surface area (Å²) in [6, 6.07) is 3.62. The number of likely N-dealkylation sites (N-methyl/N-ethyl adjacent to an activating group) is 1. The first kappa shape index (κ1) is 10.7. The Hall–Kier alpha value is -1.78. The third kappa shape index (κ3) is 2.62. The quantitative estimate of drug-likeness (QED) is 0.749. The summed E-state index contributed by atoms with van der Waals surface area (Å²) in [4.78, 5) is 23.6. The van der Waals surface area contributed by atoms with Crippen molar-refractivity contribution in [3.63, 3.8) is 0 Å². The standard InChI is InChI=1S/C11H14N2O3/c1-13(6-10(15)12-8-2-3-8)11-5-4-9(7-14)16-11/h4-5,7-8H,2-3,6H2,1H3,(H,12,15). The van der Waals surface area contributed by atoms with E-state index < -0.39 is 0 Å². The van der Waals surface area contributed by atoms with Crippen LogP contribution >= 0.6 is 0 Å². The Morgan fingerprint density at radius 1 is 1.62 bits per heavy atom. The Morgan fingerprint density at radius 3 is 2.94 bits per heavy atom. The van der Waals surface area contributed by atoms with E-state index >= 15 is 0 Å². The van der Waals surface area contributed by atoms with Gasteiger partial charge in [0.05, 0.1) is 6.54 Å². The molecule has 0 aromatic carbocycles. The van der Waals surface area contributed by atoms with Crippen LogP contribution in [0.15, 0.2) is 16.5 Å². The number of hydrogen-bond donors (Lipinski definition) is 1. The van der Waals surface area contributed by atoms with E-state index in [1.54, 1.807) is 24.1 Å². The van der Waals surface area contributed by atoms with E-state index in [9.17, 15) is 9.59 Å². The Labute approximate surface area is 93.4 Å². The van der Waals surface area contributed by atoms with Crippen molar-refractivity contribution in [2.45, 2.75) is 18.9 Å². The minimum absolute atomic E-state index is 0.0194. The highest BCUT2D eigenvalue weighted by Crippen LogP contribution is 2.19. The van der Waals surface area contributed by atoms with Gasteiger partial charge in [-0.15, -0.1) is 0 Å². The monoisotopic (exact) mass is 222 g/mol. The molecule has 2 rings (SSSR count). The van der Waals surface area contributed by atoms with Gasteiger partial charge >= 0.3 is 0 Å². The van der Waals surface area contributed by atoms with Crippen LogP contribution in [0.3, 0.4) is 0 Å². The van der Waals surface area contributed by atoms with Crippen LogP contribution < -0.4 is 10.2 Å². The molecule has 1 saturated carbocycles. The lowest BCUT2D eigenvalue weighted by Gasteiger charge is -2.15. The Morgan fingerprint density at radius 2 is 2.38 bits per heavy atom. The molecule has 86 valence electrons. The Balaban J connectivity index is 1.88. The number of carbonyl (C=O) groups is 2. The first-order chi connectivity index (χ1) is 7.69. The first-order valence-corrected chi connectivity index (χ1v) is 5.24. The van der Waals surface area contributed by atoms with Crippen molar-refractivity contribution in [1.82, 2.24) is 5.32 Å². The summed E-state index contributed by atoms with van der Waals surface area (Å²) in [5, 5.41) is 2.88. The molecule has 5 nitrogen and oxygen atoms in total. The van der Waals surface area contributed by atoms with Gasteiger partial charge in [0.25, 0.3) is 0 Å². The zero-order chi connectivity index (χ0) is 11.5. The van der Waals surface area contributed by atoms with Gasteiger partial charge in [-0.3, -0.25) is 9.59 Å². The number of carbonyl (C=O) groups excluding carboxylic acids is 2. The average molecular weight is 222 g/mol. The molecule has 0 bridgehead atoms. The predicted molar refractivity (Wildman–Crippen MR) is 58.5 cm³/mol. The number of furan rings is 1. The summed E-state index contributed by atoms with van der Waals surface area (Å²) >= 11 is 0. The highest BCUT2D eigenvalue weighted by molar-refractivity contribution is 5.81. The van der Waals surface area contributed by atoms with Gasteiger partial charge in [0.1, 0.15) is 0 Å². The molecule has 16 heavy (non-hydrogen) atoms. The second-order valence-electron chi connectivity index (χ2n) is 3.99. The molecule has 0 aliphatic heterocycles. The summed E-state index contributed by atoms with van der Waals surface area (Å²) < 4.78 is 5.19. The zero-order valence-corrected chi connectivity index (χ0v) is 9.10. The van der Waals surface area contributed by atoms with Crippen LogP contribution in [-0.4, -0.2) is 31.8 Å². The lowest BCUT2D eigenvalue weighted by atomic mass is 10.4. The minimum atomic E-state index is -0.0194. The molecule has 0 atom stereocenters. The van der Waals surface area contributed by atoms with Gasteiger partial charge in [-0.1, -0.05) is 0 Å². The van der Waals surface area contributed by atoms with E-state index in [1.807, 2.05) is 0 Å². The van der Waals surface area contributed by atoms with E-state index in [2.05, 4.69) is 5.32 Å². The normalized spacial score (nSPS) is 14.6. The molecule has 1 fully saturated rings. The van der Waals surface area contributed by atoms with E-state index in [0.29, 0.717) is 18.2 Å². The lowest BCUT2D eigenvalue weighted by molar-refractivity contribution is -0.119. The van der Waals surface area contributed by atoms with Crippen molar-refractivity contribution in [3.8, 4) is 0 Å². The summed E-state index contributed by atoms with van der Waals surface area (Å²) in [7, 11) is 1.75. The van der Waals surface area contributed by atoms with Gasteiger partial charge in [-0.2, -0.15) is 0 Å². The fourth-order valence-corrected chi connectivity index (χ4v) is 1.41. The lowest BCUT2D eigenvalue weighted by Crippen LogP contribution is -2.36. The van der Waals surface area contributed by atoms with Crippen molar-refractivity contribution >= 4 is 18.1 Å². The highest BCUT2D eigenvalue weighted by atomic mass is 16.4. The number of anilines is 1. The van der Waals surface area contributed by atoms with Crippen LogP contribution in [0.2, 0.25) is 0 Å². The maximum absolute atomic E-state index is 11.5. The molecule has 1 amide bonds. The molecule has 1 aliphatic rings. The largest absolute Gasteiger partial charge is 0.438 e. The summed E-state index contributed by atoms with van der Waals surface area (Å²) in [5.74, 6) is 0.770. The molecule has 5 heteroatoms. The van der Waals surface area contributed by atoms with E-state index in [4.69, 9.17) is 4.42 Å². The van der Waals surface area contributed by atoms with Crippen molar-refractivity contribution < 1.29 is 14.0 Å². The number of rotatable bonds is 5. The van der Waals surface area contributed by atoms with Crippen LogP contribution in [0.4, 0.5) is 5.88 Å². The van der Waals surface area contributed by atoms with Gasteiger partial charge in [0.15, 0.2) is 17.9 Å².